The van der Waals surface area contributed by atoms with E-state index < -0.39 is 10.0 Å². The van der Waals surface area contributed by atoms with Gasteiger partial charge in [-0.2, -0.15) is 4.31 Å². The molecule has 1 saturated heterocycles. The Bertz CT molecular complexity index is 378. The van der Waals surface area contributed by atoms with Crippen molar-refractivity contribution in [1.29, 1.82) is 0 Å². The van der Waals surface area contributed by atoms with Crippen molar-refractivity contribution in [3.8, 4) is 0 Å². The molecule has 1 aliphatic rings. The zero-order chi connectivity index (χ0) is 14.3. The second-order valence-electron chi connectivity index (χ2n) is 4.85. The molecule has 0 aliphatic carbocycles. The fourth-order valence-electron chi connectivity index (χ4n) is 2.24. The number of rotatable bonds is 7. The number of hydrogen-bond donors (Lipinski definition) is 2. The zero-order valence-corrected chi connectivity index (χ0v) is 12.6. The van der Waals surface area contributed by atoms with Crippen molar-refractivity contribution in [2.45, 2.75) is 38.6 Å². The molecule has 0 radical (unpaired) electrons. The molecule has 0 aromatic heterocycles. The summed E-state index contributed by atoms with van der Waals surface area (Å²) in [5.41, 5.74) is 0. The average Bonchev–Trinajstić information content (AvgIpc) is 2.43. The minimum atomic E-state index is -3.34. The van der Waals surface area contributed by atoms with Gasteiger partial charge < -0.3 is 10.6 Å². The van der Waals surface area contributed by atoms with Crippen LogP contribution in [0.4, 0.5) is 0 Å². The average molecular weight is 291 g/mol. The molecule has 2 N–H and O–H groups in total. The van der Waals surface area contributed by atoms with E-state index in [1.54, 1.807) is 6.92 Å². The van der Waals surface area contributed by atoms with Crippen molar-refractivity contribution in [2.24, 2.45) is 0 Å². The highest BCUT2D eigenvalue weighted by atomic mass is 32.2. The lowest BCUT2D eigenvalue weighted by atomic mass is 10.0. The maximum absolute atomic E-state index is 12.2. The Morgan fingerprint density at radius 1 is 1.42 bits per heavy atom. The third kappa shape index (κ3) is 5.46. The number of amides is 1. The molecule has 19 heavy (non-hydrogen) atoms. The van der Waals surface area contributed by atoms with Gasteiger partial charge in [0.05, 0.1) is 12.3 Å². The highest BCUT2D eigenvalue weighted by molar-refractivity contribution is 7.89. The van der Waals surface area contributed by atoms with E-state index in [1.807, 2.05) is 0 Å². The molecule has 0 bridgehead atoms. The number of hydrogen-bond acceptors (Lipinski definition) is 4. The minimum absolute atomic E-state index is 0.0899. The zero-order valence-electron chi connectivity index (χ0n) is 11.8. The molecule has 7 heteroatoms. The Hall–Kier alpha value is -0.660. The molecule has 1 heterocycles. The standard InChI is InChI=1S/C12H25N3O3S/c1-3-15(10-12(16)13-2)19(17,18)9-7-11-6-4-5-8-14-11/h11,14H,3-10H2,1-2H3,(H,13,16). The summed E-state index contributed by atoms with van der Waals surface area (Å²) in [4.78, 5) is 11.3. The van der Waals surface area contributed by atoms with Crippen LogP contribution in [0, 0.1) is 0 Å². The number of likely N-dealkylation sites (N-methyl/N-ethyl adjacent to an activating group) is 2. The van der Waals surface area contributed by atoms with E-state index >= 15 is 0 Å². The first-order valence-corrected chi connectivity index (χ1v) is 8.52. The molecule has 0 aromatic rings. The molecule has 0 saturated carbocycles. The first-order chi connectivity index (χ1) is 8.99. The van der Waals surface area contributed by atoms with E-state index in [-0.39, 0.29) is 18.2 Å². The summed E-state index contributed by atoms with van der Waals surface area (Å²) in [6.07, 6.45) is 3.98. The summed E-state index contributed by atoms with van der Waals surface area (Å²) < 4.78 is 25.6. The predicted molar refractivity (Wildman–Crippen MR) is 75.4 cm³/mol. The Kier molecular flexibility index (Phi) is 6.74. The van der Waals surface area contributed by atoms with Crippen molar-refractivity contribution in [1.82, 2.24) is 14.9 Å². The van der Waals surface area contributed by atoms with Gasteiger partial charge in [-0.05, 0) is 25.8 Å². The van der Waals surface area contributed by atoms with Crippen LogP contribution in [0.3, 0.4) is 0 Å². The van der Waals surface area contributed by atoms with E-state index in [9.17, 15) is 13.2 Å². The van der Waals surface area contributed by atoms with E-state index in [4.69, 9.17) is 0 Å². The third-order valence-electron chi connectivity index (χ3n) is 3.48. The van der Waals surface area contributed by atoms with Crippen molar-refractivity contribution in [2.75, 3.05) is 32.4 Å². The molecule has 0 spiro atoms. The van der Waals surface area contributed by atoms with Crippen molar-refractivity contribution < 1.29 is 13.2 Å². The van der Waals surface area contributed by atoms with Crippen LogP contribution < -0.4 is 10.6 Å². The summed E-state index contributed by atoms with van der Waals surface area (Å²) in [6.45, 7) is 2.96. The van der Waals surface area contributed by atoms with Crippen molar-refractivity contribution in [3.63, 3.8) is 0 Å². The van der Waals surface area contributed by atoms with Gasteiger partial charge in [0.25, 0.3) is 0 Å². The summed E-state index contributed by atoms with van der Waals surface area (Å²) in [5.74, 6) is -0.170. The molecule has 1 atom stereocenters. The Labute approximate surface area is 116 Å². The highest BCUT2D eigenvalue weighted by Gasteiger charge is 2.24. The molecule has 1 amide bonds. The first kappa shape index (κ1) is 16.4. The van der Waals surface area contributed by atoms with E-state index in [1.165, 1.54) is 17.8 Å². The SMILES string of the molecule is CCN(CC(=O)NC)S(=O)(=O)CCC1CCCCN1. The molecule has 1 aliphatic heterocycles. The van der Waals surface area contributed by atoms with Crippen LogP contribution in [0.5, 0.6) is 0 Å². The van der Waals surface area contributed by atoms with E-state index in [0.29, 0.717) is 19.0 Å². The molecule has 112 valence electrons. The van der Waals surface area contributed by atoms with Gasteiger partial charge in [-0.1, -0.05) is 13.3 Å². The van der Waals surface area contributed by atoms with Gasteiger partial charge in [-0.3, -0.25) is 4.79 Å². The van der Waals surface area contributed by atoms with Crippen LogP contribution in [0.1, 0.15) is 32.6 Å². The number of nitrogens with zero attached hydrogens (tertiary/aromatic N) is 1. The van der Waals surface area contributed by atoms with Crippen LogP contribution in [0.2, 0.25) is 0 Å². The van der Waals surface area contributed by atoms with Gasteiger partial charge in [0, 0.05) is 19.6 Å². The number of piperidine rings is 1. The first-order valence-electron chi connectivity index (χ1n) is 6.91. The number of nitrogens with one attached hydrogen (secondary N) is 2. The smallest absolute Gasteiger partial charge is 0.235 e. The lowest BCUT2D eigenvalue weighted by Gasteiger charge is -2.25. The van der Waals surface area contributed by atoms with Gasteiger partial charge in [-0.15, -0.1) is 0 Å². The summed E-state index contributed by atoms with van der Waals surface area (Å²) in [6, 6.07) is 0.294. The van der Waals surface area contributed by atoms with Crippen LogP contribution in [-0.4, -0.2) is 57.1 Å². The minimum Gasteiger partial charge on any atom is -0.358 e. The van der Waals surface area contributed by atoms with Crippen LogP contribution in [-0.2, 0) is 14.8 Å². The van der Waals surface area contributed by atoms with E-state index in [0.717, 1.165) is 19.4 Å². The molecular formula is C12H25N3O3S. The summed E-state index contributed by atoms with van der Waals surface area (Å²) in [7, 11) is -1.84. The Balaban J connectivity index is 2.49. The molecule has 1 unspecified atom stereocenters. The van der Waals surface area contributed by atoms with Crippen molar-refractivity contribution in [3.05, 3.63) is 0 Å². The van der Waals surface area contributed by atoms with Crippen LogP contribution >= 0.6 is 0 Å². The largest absolute Gasteiger partial charge is 0.358 e. The number of sulfonamides is 1. The lowest BCUT2D eigenvalue weighted by Crippen LogP contribution is -2.42. The summed E-state index contributed by atoms with van der Waals surface area (Å²) in [5, 5.41) is 5.79. The maximum Gasteiger partial charge on any atom is 0.235 e. The fourth-order valence-corrected chi connectivity index (χ4v) is 3.78. The predicted octanol–water partition coefficient (Wildman–Crippen LogP) is -0.0837. The summed E-state index contributed by atoms with van der Waals surface area (Å²) >= 11 is 0. The Morgan fingerprint density at radius 3 is 2.68 bits per heavy atom. The molecule has 6 nitrogen and oxygen atoms in total. The molecular weight excluding hydrogens is 266 g/mol. The Morgan fingerprint density at radius 2 is 2.16 bits per heavy atom. The third-order valence-corrected chi connectivity index (χ3v) is 5.41. The second-order valence-corrected chi connectivity index (χ2v) is 6.94. The monoisotopic (exact) mass is 291 g/mol. The molecule has 1 fully saturated rings. The van der Waals surface area contributed by atoms with Gasteiger partial charge >= 0.3 is 0 Å². The van der Waals surface area contributed by atoms with E-state index in [2.05, 4.69) is 10.6 Å². The van der Waals surface area contributed by atoms with Gasteiger partial charge in [0.15, 0.2) is 0 Å². The number of carbonyl (C=O) groups excluding carboxylic acids is 1. The maximum atomic E-state index is 12.2. The van der Waals surface area contributed by atoms with Gasteiger partial charge in [0.2, 0.25) is 15.9 Å². The van der Waals surface area contributed by atoms with Gasteiger partial charge in [0.1, 0.15) is 0 Å². The lowest BCUT2D eigenvalue weighted by molar-refractivity contribution is -0.120. The molecule has 0 aromatic carbocycles. The quantitative estimate of drug-likeness (QED) is 0.687. The van der Waals surface area contributed by atoms with Crippen LogP contribution in [0.25, 0.3) is 0 Å². The number of carbonyl (C=O) groups is 1. The normalized spacial score (nSPS) is 20.5. The fraction of sp³-hybridized carbons (Fsp3) is 0.917. The van der Waals surface area contributed by atoms with Crippen molar-refractivity contribution >= 4 is 15.9 Å². The highest BCUT2D eigenvalue weighted by Crippen LogP contribution is 2.12. The van der Waals surface area contributed by atoms with Gasteiger partial charge in [-0.25, -0.2) is 8.42 Å². The topological polar surface area (TPSA) is 78.5 Å². The van der Waals surface area contributed by atoms with Crippen LogP contribution in [0.15, 0.2) is 0 Å². The second kappa shape index (κ2) is 7.81. The molecule has 1 rings (SSSR count).